The number of aliphatic hydroxyl groups is 4. The van der Waals surface area contributed by atoms with E-state index in [1.807, 2.05) is 24.3 Å². The van der Waals surface area contributed by atoms with Gasteiger partial charge in [-0.1, -0.05) is 140 Å². The van der Waals surface area contributed by atoms with Crippen LogP contribution in [-0.4, -0.2) is 46.9 Å². The average Bonchev–Trinajstić information content (AvgIpc) is 3.18. The molecule has 368 valence electrons. The normalized spacial score (nSPS) is 12.8. The lowest BCUT2D eigenvalue weighted by molar-refractivity contribution is 0.341. The molecule has 0 aliphatic heterocycles. The van der Waals surface area contributed by atoms with Crippen LogP contribution >= 0.6 is 0 Å². The second kappa shape index (κ2) is 49.2. The number of hydrogen-bond donors (Lipinski definition) is 4. The predicted molar refractivity (Wildman–Crippen MR) is 290 cm³/mol. The van der Waals surface area contributed by atoms with Crippen LogP contribution in [0.1, 0.15) is 214 Å². The molecule has 0 fully saturated rings. The van der Waals surface area contributed by atoms with Crippen molar-refractivity contribution in [3.8, 4) is 0 Å². The van der Waals surface area contributed by atoms with Gasteiger partial charge in [0.25, 0.3) is 0 Å². The molecule has 0 aromatic rings. The van der Waals surface area contributed by atoms with Crippen molar-refractivity contribution < 1.29 is 20.4 Å². The van der Waals surface area contributed by atoms with Crippen molar-refractivity contribution in [3.05, 3.63) is 140 Å². The van der Waals surface area contributed by atoms with Crippen molar-refractivity contribution in [2.24, 2.45) is 0 Å². The molecule has 0 saturated carbocycles. The first-order valence-electron chi connectivity index (χ1n) is 24.5. The molecule has 0 bridgehead atoms. The van der Waals surface area contributed by atoms with Gasteiger partial charge in [0.05, 0.1) is 26.4 Å². The molecular weight excluding hydrogens is 785 g/mol. The summed E-state index contributed by atoms with van der Waals surface area (Å²) < 4.78 is 0. The quantitative estimate of drug-likeness (QED) is 0.0590. The molecule has 0 saturated heterocycles. The van der Waals surface area contributed by atoms with Crippen molar-refractivity contribution >= 4 is 0 Å². The summed E-state index contributed by atoms with van der Waals surface area (Å²) in [6.07, 6.45) is 43.7. The van der Waals surface area contributed by atoms with E-state index in [1.165, 1.54) is 66.9 Å². The van der Waals surface area contributed by atoms with E-state index in [0.717, 1.165) is 103 Å². The number of rotatable bonds is 28. The third-order valence-electron chi connectivity index (χ3n) is 10.2. The summed E-state index contributed by atoms with van der Waals surface area (Å²) in [5, 5.41) is 34.9. The lowest BCUT2D eigenvalue weighted by Gasteiger charge is -2.00. The van der Waals surface area contributed by atoms with Gasteiger partial charge in [-0.25, -0.2) is 0 Å². The van der Waals surface area contributed by atoms with Crippen molar-refractivity contribution in [3.63, 3.8) is 0 Å². The van der Waals surface area contributed by atoms with E-state index in [-0.39, 0.29) is 26.4 Å². The molecule has 0 aliphatic rings. The number of aliphatic hydroxyl groups excluding tert-OH is 4. The Morgan fingerprint density at radius 3 is 0.453 bits per heavy atom. The zero-order chi connectivity index (χ0) is 49.6. The highest BCUT2D eigenvalue weighted by atomic mass is 16.3. The van der Waals surface area contributed by atoms with Crippen LogP contribution in [0, 0.1) is 0 Å². The lowest BCUT2D eigenvalue weighted by Crippen LogP contribution is -1.82. The Morgan fingerprint density at radius 1 is 0.203 bits per heavy atom. The zero-order valence-corrected chi connectivity index (χ0v) is 44.9. The highest BCUT2D eigenvalue weighted by Crippen LogP contribution is 2.14. The molecule has 4 N–H and O–H groups in total. The number of hydrogen-bond acceptors (Lipinski definition) is 4. The Kier molecular flexibility index (Phi) is 51.7. The monoisotopic (exact) mass is 889 g/mol. The van der Waals surface area contributed by atoms with Gasteiger partial charge in [-0.3, -0.25) is 0 Å². The molecule has 0 unspecified atom stereocenters. The van der Waals surface area contributed by atoms with Crippen molar-refractivity contribution in [2.75, 3.05) is 26.4 Å². The molecule has 64 heavy (non-hydrogen) atoms. The third-order valence-corrected chi connectivity index (χ3v) is 10.2. The Morgan fingerprint density at radius 2 is 0.328 bits per heavy atom. The van der Waals surface area contributed by atoms with Crippen molar-refractivity contribution in [1.29, 1.82) is 0 Å². The van der Waals surface area contributed by atoms with Gasteiger partial charge in [-0.2, -0.15) is 0 Å². The van der Waals surface area contributed by atoms with Crippen LogP contribution in [0.15, 0.2) is 140 Å². The molecule has 0 radical (unpaired) electrons. The summed E-state index contributed by atoms with van der Waals surface area (Å²) in [5.74, 6) is 0. The summed E-state index contributed by atoms with van der Waals surface area (Å²) in [6.45, 7) is 34.9. The molecule has 0 amide bonds. The maximum Gasteiger partial charge on any atom is 0.0614 e. The summed E-state index contributed by atoms with van der Waals surface area (Å²) in [4.78, 5) is 0. The topological polar surface area (TPSA) is 80.9 Å². The van der Waals surface area contributed by atoms with Crippen molar-refractivity contribution in [2.45, 2.75) is 214 Å². The molecule has 0 aliphatic carbocycles. The Labute approximate surface area is 398 Å². The standard InChI is InChI=1S/4C15H26O/c4*1-13(2)7-5-8-14(3)9-6-10-15(4)11-12-16/h4*7,9,11,16H,5-6,8,10,12H2,1-4H3/b14-9+,15-11+;14-9+,15-11-;14-9-,15-11+;14-9-,15-11-. The molecule has 0 rings (SSSR count). The lowest BCUT2D eigenvalue weighted by atomic mass is 10.1. The summed E-state index contributed by atoms with van der Waals surface area (Å²) >= 11 is 0. The van der Waals surface area contributed by atoms with Crippen LogP contribution in [0.2, 0.25) is 0 Å². The first kappa shape index (κ1) is 67.3. The van der Waals surface area contributed by atoms with Crippen LogP contribution in [0.4, 0.5) is 0 Å². The van der Waals surface area contributed by atoms with Gasteiger partial charge in [0, 0.05) is 0 Å². The van der Waals surface area contributed by atoms with Gasteiger partial charge in [0.1, 0.15) is 0 Å². The molecular formula is C60H104O4. The predicted octanol–water partition coefficient (Wildman–Crippen LogP) is 17.6. The van der Waals surface area contributed by atoms with E-state index in [2.05, 4.69) is 159 Å². The van der Waals surface area contributed by atoms with Crippen molar-refractivity contribution in [1.82, 2.24) is 0 Å². The smallest absolute Gasteiger partial charge is 0.0614 e. The van der Waals surface area contributed by atoms with E-state index in [1.54, 1.807) is 0 Å². The molecule has 0 aromatic carbocycles. The fraction of sp³-hybridized carbons (Fsp3) is 0.600. The fourth-order valence-corrected chi connectivity index (χ4v) is 5.98. The van der Waals surface area contributed by atoms with Gasteiger partial charge in [-0.15, -0.1) is 0 Å². The first-order valence-corrected chi connectivity index (χ1v) is 24.5. The fourth-order valence-electron chi connectivity index (χ4n) is 5.98. The van der Waals surface area contributed by atoms with Gasteiger partial charge in [0.2, 0.25) is 0 Å². The average molecular weight is 889 g/mol. The highest BCUT2D eigenvalue weighted by Gasteiger charge is 1.95. The maximum atomic E-state index is 8.72. The van der Waals surface area contributed by atoms with Crippen LogP contribution < -0.4 is 0 Å². The molecule has 0 spiro atoms. The van der Waals surface area contributed by atoms with Crippen LogP contribution in [0.5, 0.6) is 0 Å². The third kappa shape index (κ3) is 60.8. The minimum Gasteiger partial charge on any atom is -0.392 e. The van der Waals surface area contributed by atoms with Gasteiger partial charge >= 0.3 is 0 Å². The summed E-state index contributed by atoms with van der Waals surface area (Å²) in [5.41, 5.74) is 16.6. The Bertz CT molecular complexity index is 1290. The zero-order valence-electron chi connectivity index (χ0n) is 44.9. The van der Waals surface area contributed by atoms with Crippen LogP contribution in [0.3, 0.4) is 0 Å². The molecule has 0 aromatic heterocycles. The second-order valence-corrected chi connectivity index (χ2v) is 18.6. The van der Waals surface area contributed by atoms with Gasteiger partial charge < -0.3 is 20.4 Å². The largest absolute Gasteiger partial charge is 0.392 e. The molecule has 4 heteroatoms. The van der Waals surface area contributed by atoms with E-state index in [0.29, 0.717) is 0 Å². The van der Waals surface area contributed by atoms with E-state index in [4.69, 9.17) is 20.4 Å². The highest BCUT2D eigenvalue weighted by molar-refractivity contribution is 5.09. The molecule has 0 heterocycles. The van der Waals surface area contributed by atoms with Gasteiger partial charge in [-0.05, 0) is 214 Å². The minimum absolute atomic E-state index is 0.162. The van der Waals surface area contributed by atoms with E-state index in [9.17, 15) is 0 Å². The Hall–Kier alpha value is -3.28. The summed E-state index contributed by atoms with van der Waals surface area (Å²) in [7, 11) is 0. The van der Waals surface area contributed by atoms with Gasteiger partial charge in [0.15, 0.2) is 0 Å². The molecule has 4 nitrogen and oxygen atoms in total. The minimum atomic E-state index is 0.162. The first-order chi connectivity index (χ1) is 30.2. The molecule has 0 atom stereocenters. The van der Waals surface area contributed by atoms with E-state index >= 15 is 0 Å². The van der Waals surface area contributed by atoms with Crippen LogP contribution in [-0.2, 0) is 0 Å². The summed E-state index contributed by atoms with van der Waals surface area (Å²) in [6, 6.07) is 0. The SMILES string of the molecule is CC(C)=CCC/C(C)=C/CC/C(C)=C/CO.CC(C)=CCC/C(C)=C/CC/C(C)=C\CO.CC(C)=CCC/C(C)=C\CC/C(C)=C/CO.CC(C)=CCC/C(C)=C\CC/C(C)=C\CO. The van der Waals surface area contributed by atoms with E-state index < -0.39 is 0 Å². The van der Waals surface area contributed by atoms with Crippen LogP contribution in [0.25, 0.3) is 0 Å². The maximum absolute atomic E-state index is 8.72. The number of allylic oxidation sites excluding steroid dienone is 20. The second-order valence-electron chi connectivity index (χ2n) is 18.6. The Balaban J connectivity index is -0.000000375.